The number of aromatic amines is 1. The van der Waals surface area contributed by atoms with Gasteiger partial charge in [-0.15, -0.1) is 0 Å². The van der Waals surface area contributed by atoms with Crippen LogP contribution >= 0.6 is 0 Å². The van der Waals surface area contributed by atoms with Crippen molar-refractivity contribution in [2.24, 2.45) is 0 Å². The summed E-state index contributed by atoms with van der Waals surface area (Å²) in [4.78, 5) is 25.0. The Kier molecular flexibility index (Phi) is 4.43. The summed E-state index contributed by atoms with van der Waals surface area (Å²) in [6, 6.07) is 1.98. The van der Waals surface area contributed by atoms with Gasteiger partial charge in [-0.2, -0.15) is 5.10 Å². The zero-order valence-corrected chi connectivity index (χ0v) is 12.7. The molecule has 2 aromatic rings. The van der Waals surface area contributed by atoms with Crippen molar-refractivity contribution in [3.05, 3.63) is 41.7 Å². The highest BCUT2D eigenvalue weighted by atomic mass is 16.2. The molecule has 1 aliphatic heterocycles. The lowest BCUT2D eigenvalue weighted by molar-refractivity contribution is 0.0754. The predicted molar refractivity (Wildman–Crippen MR) is 81.2 cm³/mol. The molecule has 0 bridgehead atoms. The Balaban J connectivity index is 1.60. The quantitative estimate of drug-likeness (QED) is 0.909. The molecule has 1 fully saturated rings. The number of carbonyl (C=O) groups excluding carboxylic acids is 1. The number of rotatable bonds is 3. The van der Waals surface area contributed by atoms with E-state index in [2.05, 4.69) is 25.1 Å². The molecule has 0 radical (unpaired) electrons. The minimum absolute atomic E-state index is 0.0316. The molecule has 0 saturated carbocycles. The molecule has 7 nitrogen and oxygen atoms in total. The van der Waals surface area contributed by atoms with E-state index in [1.807, 2.05) is 17.9 Å². The molecule has 1 saturated heterocycles. The Morgan fingerprint density at radius 2 is 2.14 bits per heavy atom. The highest BCUT2D eigenvalue weighted by molar-refractivity contribution is 5.92. The third kappa shape index (κ3) is 3.48. The Bertz CT molecular complexity index is 609. The largest absolute Gasteiger partial charge is 0.336 e. The lowest BCUT2D eigenvalue weighted by Gasteiger charge is -2.21. The van der Waals surface area contributed by atoms with E-state index in [4.69, 9.17) is 0 Å². The fraction of sp³-hybridized carbons (Fsp3) is 0.467. The van der Waals surface area contributed by atoms with Crippen molar-refractivity contribution in [1.82, 2.24) is 30.0 Å². The van der Waals surface area contributed by atoms with Crippen molar-refractivity contribution >= 4 is 5.91 Å². The Morgan fingerprint density at radius 3 is 2.86 bits per heavy atom. The molecule has 3 rings (SSSR count). The van der Waals surface area contributed by atoms with Gasteiger partial charge in [-0.05, 0) is 19.4 Å². The van der Waals surface area contributed by atoms with Gasteiger partial charge in [0.05, 0.1) is 11.9 Å². The van der Waals surface area contributed by atoms with E-state index in [0.29, 0.717) is 12.2 Å². The maximum atomic E-state index is 12.5. The monoisotopic (exact) mass is 300 g/mol. The molecular formula is C15H20N6O. The van der Waals surface area contributed by atoms with Gasteiger partial charge >= 0.3 is 0 Å². The van der Waals surface area contributed by atoms with Crippen molar-refractivity contribution in [1.29, 1.82) is 0 Å². The highest BCUT2D eigenvalue weighted by Crippen LogP contribution is 2.09. The molecule has 1 N–H and O–H groups in total. The first-order chi connectivity index (χ1) is 10.7. The van der Waals surface area contributed by atoms with Gasteiger partial charge in [0.15, 0.2) is 0 Å². The van der Waals surface area contributed by atoms with Crippen LogP contribution in [0.3, 0.4) is 0 Å². The van der Waals surface area contributed by atoms with Crippen molar-refractivity contribution < 1.29 is 4.79 Å². The van der Waals surface area contributed by atoms with Crippen LogP contribution < -0.4 is 0 Å². The van der Waals surface area contributed by atoms with Gasteiger partial charge in [0.1, 0.15) is 5.69 Å². The number of amides is 1. The van der Waals surface area contributed by atoms with Crippen LogP contribution in [0.5, 0.6) is 0 Å². The summed E-state index contributed by atoms with van der Waals surface area (Å²) >= 11 is 0. The number of hydrogen-bond donors (Lipinski definition) is 1. The zero-order valence-electron chi connectivity index (χ0n) is 12.7. The number of aryl methyl sites for hydroxylation is 1. The van der Waals surface area contributed by atoms with Crippen molar-refractivity contribution in [2.75, 3.05) is 26.2 Å². The van der Waals surface area contributed by atoms with E-state index in [0.717, 1.165) is 44.0 Å². The summed E-state index contributed by atoms with van der Waals surface area (Å²) in [7, 11) is 0. The van der Waals surface area contributed by atoms with E-state index >= 15 is 0 Å². The van der Waals surface area contributed by atoms with E-state index in [9.17, 15) is 4.79 Å². The second kappa shape index (κ2) is 6.65. The lowest BCUT2D eigenvalue weighted by atomic mass is 10.3. The number of hydrogen-bond acceptors (Lipinski definition) is 5. The van der Waals surface area contributed by atoms with Crippen LogP contribution in [0.4, 0.5) is 0 Å². The van der Waals surface area contributed by atoms with Crippen LogP contribution in [0, 0.1) is 6.92 Å². The maximum Gasteiger partial charge on any atom is 0.274 e. The van der Waals surface area contributed by atoms with Crippen LogP contribution in [-0.4, -0.2) is 62.1 Å². The second-order valence-corrected chi connectivity index (χ2v) is 5.55. The fourth-order valence-corrected chi connectivity index (χ4v) is 2.61. The molecule has 2 aromatic heterocycles. The fourth-order valence-electron chi connectivity index (χ4n) is 2.61. The molecule has 7 heteroatoms. The summed E-state index contributed by atoms with van der Waals surface area (Å²) < 4.78 is 0. The second-order valence-electron chi connectivity index (χ2n) is 5.55. The summed E-state index contributed by atoms with van der Waals surface area (Å²) in [6.07, 6.45) is 5.92. The molecule has 22 heavy (non-hydrogen) atoms. The van der Waals surface area contributed by atoms with E-state index in [1.165, 1.54) is 0 Å². The van der Waals surface area contributed by atoms with Crippen molar-refractivity contribution in [2.45, 2.75) is 19.9 Å². The average molecular weight is 300 g/mol. The van der Waals surface area contributed by atoms with Crippen molar-refractivity contribution in [3.8, 4) is 0 Å². The molecule has 0 atom stereocenters. The third-order valence-electron chi connectivity index (χ3n) is 3.83. The van der Waals surface area contributed by atoms with Gasteiger partial charge in [-0.1, -0.05) is 0 Å². The minimum Gasteiger partial charge on any atom is -0.336 e. The Hall–Kier alpha value is -2.28. The van der Waals surface area contributed by atoms with Crippen LogP contribution in [0.1, 0.15) is 28.3 Å². The maximum absolute atomic E-state index is 12.5. The van der Waals surface area contributed by atoms with Gasteiger partial charge in [0, 0.05) is 50.8 Å². The molecule has 1 amide bonds. The van der Waals surface area contributed by atoms with Gasteiger partial charge < -0.3 is 4.90 Å². The Labute approximate surface area is 129 Å². The summed E-state index contributed by atoms with van der Waals surface area (Å²) in [5.41, 5.74) is 2.34. The molecule has 116 valence electrons. The van der Waals surface area contributed by atoms with Crippen LogP contribution in [0.2, 0.25) is 0 Å². The first kappa shape index (κ1) is 14.6. The van der Waals surface area contributed by atoms with Crippen LogP contribution in [0.25, 0.3) is 0 Å². The molecule has 0 spiro atoms. The molecule has 0 aliphatic carbocycles. The smallest absolute Gasteiger partial charge is 0.274 e. The van der Waals surface area contributed by atoms with Gasteiger partial charge in [-0.3, -0.25) is 19.8 Å². The number of H-pyrrole nitrogens is 1. The van der Waals surface area contributed by atoms with E-state index < -0.39 is 0 Å². The van der Waals surface area contributed by atoms with Gasteiger partial charge in [0.25, 0.3) is 5.91 Å². The van der Waals surface area contributed by atoms with E-state index in [1.54, 1.807) is 18.6 Å². The number of carbonyl (C=O) groups is 1. The van der Waals surface area contributed by atoms with Crippen LogP contribution in [-0.2, 0) is 6.54 Å². The summed E-state index contributed by atoms with van der Waals surface area (Å²) in [5.74, 6) is -0.0316. The SMILES string of the molecule is Cc1cnc(C(=O)N2CCCN(Cc3ccn[nH]3)CC2)cn1. The first-order valence-electron chi connectivity index (χ1n) is 7.51. The Morgan fingerprint density at radius 1 is 1.23 bits per heavy atom. The molecule has 1 aliphatic rings. The first-order valence-corrected chi connectivity index (χ1v) is 7.51. The predicted octanol–water partition coefficient (Wildman–Crippen LogP) is 0.856. The average Bonchev–Trinajstić information content (AvgIpc) is 2.92. The molecular weight excluding hydrogens is 280 g/mol. The lowest BCUT2D eigenvalue weighted by Crippen LogP contribution is -2.35. The summed E-state index contributed by atoms with van der Waals surface area (Å²) in [5, 5.41) is 6.95. The van der Waals surface area contributed by atoms with Crippen molar-refractivity contribution in [3.63, 3.8) is 0 Å². The summed E-state index contributed by atoms with van der Waals surface area (Å²) in [6.45, 7) is 6.00. The number of nitrogens with one attached hydrogen (secondary N) is 1. The normalized spacial score (nSPS) is 16.5. The van der Waals surface area contributed by atoms with Crippen LogP contribution in [0.15, 0.2) is 24.7 Å². The minimum atomic E-state index is -0.0316. The topological polar surface area (TPSA) is 78.0 Å². The standard InChI is InChI=1S/C15H20N6O/c1-12-9-17-14(10-16-12)15(22)21-6-2-5-20(7-8-21)11-13-3-4-18-19-13/h3-4,9-10H,2,5-8,11H2,1H3,(H,18,19). The van der Waals surface area contributed by atoms with E-state index in [-0.39, 0.29) is 5.91 Å². The molecule has 3 heterocycles. The van der Waals surface area contributed by atoms with Gasteiger partial charge in [0.2, 0.25) is 0 Å². The zero-order chi connectivity index (χ0) is 15.4. The molecule has 0 aromatic carbocycles. The molecule has 0 unspecified atom stereocenters. The highest BCUT2D eigenvalue weighted by Gasteiger charge is 2.21. The van der Waals surface area contributed by atoms with Gasteiger partial charge in [-0.25, -0.2) is 4.98 Å². The third-order valence-corrected chi connectivity index (χ3v) is 3.83. The number of nitrogens with zero attached hydrogens (tertiary/aromatic N) is 5. The number of aromatic nitrogens is 4.